The maximum absolute atomic E-state index is 13.3. The molecule has 4 aromatic rings. The summed E-state index contributed by atoms with van der Waals surface area (Å²) in [4.78, 5) is 57.5. The highest BCUT2D eigenvalue weighted by atomic mass is 16.5. The summed E-state index contributed by atoms with van der Waals surface area (Å²) in [6.07, 6.45) is 0.356. The SMILES string of the molecule is COC(=O)c1ccc2c(c1)NC(=O)C2C(=Nc1ccc2c(c1)CCN2C(=O)CC(=O)Nc1ccccc1)c1ccccc1. The topological polar surface area (TPSA) is 117 Å². The van der Waals surface area contributed by atoms with E-state index in [2.05, 4.69) is 10.6 Å². The first-order chi connectivity index (χ1) is 20.9. The van der Waals surface area contributed by atoms with Crippen LogP contribution in [0, 0.1) is 0 Å². The van der Waals surface area contributed by atoms with E-state index in [1.165, 1.54) is 7.11 Å². The molecule has 4 aromatic carbocycles. The van der Waals surface area contributed by atoms with Crippen molar-refractivity contribution < 1.29 is 23.9 Å². The van der Waals surface area contributed by atoms with E-state index >= 15 is 0 Å². The van der Waals surface area contributed by atoms with E-state index in [9.17, 15) is 19.2 Å². The molecule has 0 spiro atoms. The number of methoxy groups -OCH3 is 1. The van der Waals surface area contributed by atoms with E-state index in [4.69, 9.17) is 9.73 Å². The van der Waals surface area contributed by atoms with Crippen molar-refractivity contribution in [1.82, 2.24) is 0 Å². The standard InChI is InChI=1S/C34H28N4O5/c1-43-34(42)23-12-14-26-27(19-23)37-33(41)31(26)32(21-8-4-2-5-9-21)36-25-13-15-28-22(18-25)16-17-38(28)30(40)20-29(39)35-24-10-6-3-7-11-24/h2-15,18-19,31H,16-17,20H2,1H3,(H,35,39)(H,37,41). The minimum atomic E-state index is -0.696. The molecule has 0 fully saturated rings. The van der Waals surface area contributed by atoms with Crippen LogP contribution in [0.5, 0.6) is 0 Å². The fraction of sp³-hybridized carbons (Fsp3) is 0.147. The van der Waals surface area contributed by atoms with Crippen LogP contribution in [0.15, 0.2) is 102 Å². The molecule has 0 radical (unpaired) electrons. The molecule has 1 unspecified atom stereocenters. The highest BCUT2D eigenvalue weighted by Gasteiger charge is 2.36. The van der Waals surface area contributed by atoms with Gasteiger partial charge >= 0.3 is 5.97 Å². The molecule has 9 heteroatoms. The first-order valence-corrected chi connectivity index (χ1v) is 13.9. The molecule has 1 atom stereocenters. The van der Waals surface area contributed by atoms with Gasteiger partial charge in [0.25, 0.3) is 0 Å². The van der Waals surface area contributed by atoms with Crippen LogP contribution < -0.4 is 15.5 Å². The van der Waals surface area contributed by atoms with Crippen LogP contribution in [0.25, 0.3) is 0 Å². The van der Waals surface area contributed by atoms with E-state index in [-0.39, 0.29) is 24.1 Å². The average molecular weight is 573 g/mol. The number of nitrogens with zero attached hydrogens (tertiary/aromatic N) is 2. The lowest BCUT2D eigenvalue weighted by molar-refractivity contribution is -0.125. The molecular weight excluding hydrogens is 544 g/mol. The fourth-order valence-electron chi connectivity index (χ4n) is 5.50. The summed E-state index contributed by atoms with van der Waals surface area (Å²) in [6.45, 7) is 0.465. The maximum atomic E-state index is 13.3. The number of para-hydroxylation sites is 1. The minimum absolute atomic E-state index is 0.244. The van der Waals surface area contributed by atoms with Gasteiger partial charge in [-0.25, -0.2) is 4.79 Å². The van der Waals surface area contributed by atoms with Gasteiger partial charge in [-0.2, -0.15) is 0 Å². The molecule has 43 heavy (non-hydrogen) atoms. The Kier molecular flexibility index (Phi) is 7.53. The largest absolute Gasteiger partial charge is 0.465 e. The van der Waals surface area contributed by atoms with Crippen LogP contribution in [-0.2, 0) is 25.5 Å². The summed E-state index contributed by atoms with van der Waals surface area (Å²) in [7, 11) is 1.31. The van der Waals surface area contributed by atoms with Gasteiger partial charge in [0.1, 0.15) is 12.3 Å². The van der Waals surface area contributed by atoms with Gasteiger partial charge in [0.05, 0.1) is 24.1 Å². The fourth-order valence-corrected chi connectivity index (χ4v) is 5.50. The van der Waals surface area contributed by atoms with Gasteiger partial charge in [0.2, 0.25) is 17.7 Å². The number of rotatable bonds is 7. The summed E-state index contributed by atoms with van der Waals surface area (Å²) < 4.78 is 4.83. The normalized spacial score (nSPS) is 15.4. The van der Waals surface area contributed by atoms with Crippen molar-refractivity contribution in [2.24, 2.45) is 4.99 Å². The summed E-state index contributed by atoms with van der Waals surface area (Å²) in [5.74, 6) is -2.07. The van der Waals surface area contributed by atoms with Crippen LogP contribution in [0.2, 0.25) is 0 Å². The zero-order valence-corrected chi connectivity index (χ0v) is 23.4. The van der Waals surface area contributed by atoms with E-state index in [1.54, 1.807) is 35.2 Å². The van der Waals surface area contributed by atoms with Gasteiger partial charge in [-0.05, 0) is 65.6 Å². The predicted octanol–water partition coefficient (Wildman–Crippen LogP) is 5.25. The van der Waals surface area contributed by atoms with Gasteiger partial charge in [-0.3, -0.25) is 19.4 Å². The number of aliphatic imine (C=N–C) groups is 1. The number of amides is 3. The number of nitrogens with one attached hydrogen (secondary N) is 2. The van der Waals surface area contributed by atoms with Crippen LogP contribution >= 0.6 is 0 Å². The number of benzene rings is 4. The summed E-state index contributed by atoms with van der Waals surface area (Å²) in [5.41, 5.74) is 5.91. The Bertz CT molecular complexity index is 1770. The first kappa shape index (κ1) is 27.6. The molecule has 3 amide bonds. The van der Waals surface area contributed by atoms with E-state index in [0.717, 1.165) is 16.8 Å². The van der Waals surface area contributed by atoms with Gasteiger partial charge in [0, 0.05) is 23.6 Å². The van der Waals surface area contributed by atoms with Gasteiger partial charge in [-0.1, -0.05) is 54.6 Å². The second-order valence-electron chi connectivity index (χ2n) is 10.3. The number of esters is 1. The number of hydrogen-bond donors (Lipinski definition) is 2. The monoisotopic (exact) mass is 572 g/mol. The van der Waals surface area contributed by atoms with Gasteiger partial charge in [0.15, 0.2) is 0 Å². The second kappa shape index (κ2) is 11.7. The summed E-state index contributed by atoms with van der Waals surface area (Å²) in [5, 5.41) is 5.64. The third kappa shape index (κ3) is 5.65. The molecule has 0 saturated carbocycles. The van der Waals surface area contributed by atoms with Crippen molar-refractivity contribution in [3.05, 3.63) is 119 Å². The van der Waals surface area contributed by atoms with E-state index in [0.29, 0.717) is 46.9 Å². The second-order valence-corrected chi connectivity index (χ2v) is 10.3. The molecule has 2 N–H and O–H groups in total. The minimum Gasteiger partial charge on any atom is -0.465 e. The molecule has 0 saturated heterocycles. The van der Waals surface area contributed by atoms with Crippen molar-refractivity contribution in [2.45, 2.75) is 18.8 Å². The van der Waals surface area contributed by atoms with E-state index in [1.807, 2.05) is 66.7 Å². The zero-order chi connectivity index (χ0) is 29.9. The third-order valence-electron chi connectivity index (χ3n) is 7.53. The smallest absolute Gasteiger partial charge is 0.337 e. The van der Waals surface area contributed by atoms with Crippen LogP contribution in [0.1, 0.15) is 39.4 Å². The van der Waals surface area contributed by atoms with Crippen molar-refractivity contribution in [3.8, 4) is 0 Å². The Morgan fingerprint density at radius 1 is 0.930 bits per heavy atom. The number of fused-ring (bicyclic) bond motifs is 2. The maximum Gasteiger partial charge on any atom is 0.337 e. The van der Waals surface area contributed by atoms with Crippen LogP contribution in [0.4, 0.5) is 22.7 Å². The highest BCUT2D eigenvalue weighted by Crippen LogP contribution is 2.38. The molecule has 2 aliphatic heterocycles. The molecular formula is C34H28N4O5. The highest BCUT2D eigenvalue weighted by molar-refractivity contribution is 6.24. The predicted molar refractivity (Wildman–Crippen MR) is 164 cm³/mol. The van der Waals surface area contributed by atoms with Crippen molar-refractivity contribution in [2.75, 3.05) is 29.2 Å². The number of anilines is 3. The van der Waals surface area contributed by atoms with Crippen molar-refractivity contribution in [1.29, 1.82) is 0 Å². The Balaban J connectivity index is 1.27. The zero-order valence-electron chi connectivity index (χ0n) is 23.4. The number of carbonyl (C=O) groups excluding carboxylic acids is 4. The lowest BCUT2D eigenvalue weighted by Crippen LogP contribution is -2.32. The third-order valence-corrected chi connectivity index (χ3v) is 7.53. The van der Waals surface area contributed by atoms with Gasteiger partial charge in [-0.15, -0.1) is 0 Å². The van der Waals surface area contributed by atoms with Gasteiger partial charge < -0.3 is 20.3 Å². The Morgan fingerprint density at radius 3 is 2.42 bits per heavy atom. The Morgan fingerprint density at radius 2 is 1.67 bits per heavy atom. The molecule has 2 heterocycles. The molecule has 6 rings (SSSR count). The summed E-state index contributed by atoms with van der Waals surface area (Å²) in [6, 6.07) is 29.1. The van der Waals surface area contributed by atoms with E-state index < -0.39 is 11.9 Å². The summed E-state index contributed by atoms with van der Waals surface area (Å²) >= 11 is 0. The van der Waals surface area contributed by atoms with Crippen molar-refractivity contribution in [3.63, 3.8) is 0 Å². The Hall–Kier alpha value is -5.57. The molecule has 2 aliphatic rings. The van der Waals surface area contributed by atoms with Crippen LogP contribution in [-0.4, -0.2) is 43.1 Å². The quantitative estimate of drug-likeness (QED) is 0.178. The molecule has 0 aromatic heterocycles. The van der Waals surface area contributed by atoms with Crippen LogP contribution in [0.3, 0.4) is 0 Å². The molecule has 214 valence electrons. The first-order valence-electron chi connectivity index (χ1n) is 13.9. The average Bonchev–Trinajstić information content (AvgIpc) is 3.59. The Labute approximate surface area is 248 Å². The number of carbonyl (C=O) groups is 4. The molecule has 9 nitrogen and oxygen atoms in total. The number of ether oxygens (including phenoxy) is 1. The molecule has 0 aliphatic carbocycles. The lowest BCUT2D eigenvalue weighted by atomic mass is 9.90. The van der Waals surface area contributed by atoms with Crippen molar-refractivity contribution >= 4 is 52.2 Å². The lowest BCUT2D eigenvalue weighted by Gasteiger charge is -2.18. The number of hydrogen-bond acceptors (Lipinski definition) is 6. The molecule has 0 bridgehead atoms.